The SMILES string of the molecule is CC(C)(C)NC(=O)OC1CCC(NC(=O)CCl)CC1. The predicted octanol–water partition coefficient (Wildman–Crippen LogP) is 2.18. The summed E-state index contributed by atoms with van der Waals surface area (Å²) in [7, 11) is 0. The predicted molar refractivity (Wildman–Crippen MR) is 74.3 cm³/mol. The van der Waals surface area contributed by atoms with Crippen molar-refractivity contribution < 1.29 is 14.3 Å². The van der Waals surface area contributed by atoms with Gasteiger partial charge in [-0.25, -0.2) is 4.79 Å². The molecule has 0 saturated heterocycles. The van der Waals surface area contributed by atoms with Crippen molar-refractivity contribution in [1.82, 2.24) is 10.6 Å². The number of rotatable bonds is 3. The fraction of sp³-hybridized carbons (Fsp3) is 0.846. The van der Waals surface area contributed by atoms with E-state index in [0.717, 1.165) is 25.7 Å². The molecule has 0 radical (unpaired) electrons. The molecule has 6 heteroatoms. The number of carbonyl (C=O) groups is 2. The number of hydrogen-bond acceptors (Lipinski definition) is 3. The molecule has 1 fully saturated rings. The second kappa shape index (κ2) is 6.98. The summed E-state index contributed by atoms with van der Waals surface area (Å²) in [5.41, 5.74) is -0.289. The Kier molecular flexibility index (Phi) is 5.91. The zero-order valence-corrected chi connectivity index (χ0v) is 12.5. The molecule has 0 aromatic carbocycles. The standard InChI is InChI=1S/C13H23ClN2O3/c1-13(2,3)16-12(18)19-10-6-4-9(5-7-10)15-11(17)8-14/h9-10H,4-8H2,1-3H3,(H,15,17)(H,16,18). The van der Waals surface area contributed by atoms with Gasteiger partial charge in [0, 0.05) is 11.6 Å². The molecule has 0 atom stereocenters. The zero-order chi connectivity index (χ0) is 14.5. The molecule has 1 aliphatic carbocycles. The molecule has 19 heavy (non-hydrogen) atoms. The summed E-state index contributed by atoms with van der Waals surface area (Å²) < 4.78 is 5.36. The molecule has 0 unspecified atom stereocenters. The Balaban J connectivity index is 2.26. The number of ether oxygens (including phenoxy) is 1. The first-order valence-electron chi connectivity index (χ1n) is 6.64. The first-order valence-corrected chi connectivity index (χ1v) is 7.18. The molecule has 110 valence electrons. The molecule has 1 rings (SSSR count). The Bertz CT molecular complexity index is 320. The summed E-state index contributed by atoms with van der Waals surface area (Å²) in [5.74, 6) is -0.152. The maximum atomic E-state index is 11.6. The van der Waals surface area contributed by atoms with Gasteiger partial charge < -0.3 is 15.4 Å². The summed E-state index contributed by atoms with van der Waals surface area (Å²) in [6.45, 7) is 5.73. The molecule has 2 N–H and O–H groups in total. The summed E-state index contributed by atoms with van der Waals surface area (Å²) in [6.07, 6.45) is 2.73. The molecule has 0 bridgehead atoms. The molecule has 1 saturated carbocycles. The van der Waals surface area contributed by atoms with E-state index in [4.69, 9.17) is 16.3 Å². The number of halogens is 1. The van der Waals surface area contributed by atoms with E-state index in [9.17, 15) is 9.59 Å². The van der Waals surface area contributed by atoms with Gasteiger partial charge in [0.05, 0.1) is 0 Å². The molecular formula is C13H23ClN2O3. The van der Waals surface area contributed by atoms with Crippen LogP contribution < -0.4 is 10.6 Å². The van der Waals surface area contributed by atoms with Gasteiger partial charge >= 0.3 is 6.09 Å². The number of amides is 2. The van der Waals surface area contributed by atoms with E-state index in [1.54, 1.807) is 0 Å². The van der Waals surface area contributed by atoms with E-state index in [0.29, 0.717) is 0 Å². The largest absolute Gasteiger partial charge is 0.446 e. The number of nitrogens with one attached hydrogen (secondary N) is 2. The Hall–Kier alpha value is -0.970. The second-order valence-corrected chi connectivity index (χ2v) is 6.22. The first kappa shape index (κ1) is 16.1. The Morgan fingerprint density at radius 3 is 2.26 bits per heavy atom. The summed E-state index contributed by atoms with van der Waals surface area (Å²) >= 11 is 5.44. The van der Waals surface area contributed by atoms with Gasteiger partial charge in [-0.2, -0.15) is 0 Å². The van der Waals surface area contributed by atoms with Gasteiger partial charge in [-0.3, -0.25) is 4.79 Å². The molecule has 0 heterocycles. The zero-order valence-electron chi connectivity index (χ0n) is 11.8. The highest BCUT2D eigenvalue weighted by molar-refractivity contribution is 6.27. The molecule has 2 amide bonds. The number of hydrogen-bond donors (Lipinski definition) is 2. The fourth-order valence-electron chi connectivity index (χ4n) is 2.08. The molecule has 5 nitrogen and oxygen atoms in total. The second-order valence-electron chi connectivity index (χ2n) is 5.96. The van der Waals surface area contributed by atoms with Crippen LogP contribution in [0.5, 0.6) is 0 Å². The Labute approximate surface area is 119 Å². The number of alkyl halides is 1. The van der Waals surface area contributed by atoms with E-state index in [-0.39, 0.29) is 35.6 Å². The quantitative estimate of drug-likeness (QED) is 0.783. The van der Waals surface area contributed by atoms with Gasteiger partial charge in [-0.15, -0.1) is 11.6 Å². The van der Waals surface area contributed by atoms with Crippen LogP contribution in [0.2, 0.25) is 0 Å². The van der Waals surface area contributed by atoms with E-state index < -0.39 is 0 Å². The van der Waals surface area contributed by atoms with Crippen LogP contribution in [0.15, 0.2) is 0 Å². The van der Waals surface area contributed by atoms with E-state index in [1.807, 2.05) is 20.8 Å². The first-order chi connectivity index (χ1) is 8.80. The van der Waals surface area contributed by atoms with Crippen LogP contribution in [0.3, 0.4) is 0 Å². The Morgan fingerprint density at radius 2 is 1.79 bits per heavy atom. The van der Waals surface area contributed by atoms with Gasteiger partial charge in [0.1, 0.15) is 12.0 Å². The lowest BCUT2D eigenvalue weighted by Gasteiger charge is -2.30. The van der Waals surface area contributed by atoms with E-state index in [2.05, 4.69) is 10.6 Å². The normalized spacial score (nSPS) is 23.6. The lowest BCUT2D eigenvalue weighted by Crippen LogP contribution is -2.44. The van der Waals surface area contributed by atoms with Gasteiger partial charge in [0.25, 0.3) is 0 Å². The lowest BCUT2D eigenvalue weighted by atomic mass is 9.93. The van der Waals surface area contributed by atoms with Crippen LogP contribution in [-0.4, -0.2) is 35.6 Å². The van der Waals surface area contributed by atoms with Gasteiger partial charge in [0.15, 0.2) is 0 Å². The minimum Gasteiger partial charge on any atom is -0.446 e. The maximum absolute atomic E-state index is 11.6. The van der Waals surface area contributed by atoms with Crippen molar-refractivity contribution in [2.75, 3.05) is 5.88 Å². The molecule has 0 aliphatic heterocycles. The molecule has 0 aromatic rings. The van der Waals surface area contributed by atoms with Crippen molar-refractivity contribution in [3.8, 4) is 0 Å². The average molecular weight is 291 g/mol. The van der Waals surface area contributed by atoms with E-state index in [1.165, 1.54) is 0 Å². The van der Waals surface area contributed by atoms with Gasteiger partial charge in [-0.1, -0.05) is 0 Å². The molecule has 1 aliphatic rings. The van der Waals surface area contributed by atoms with Crippen molar-refractivity contribution in [1.29, 1.82) is 0 Å². The van der Waals surface area contributed by atoms with Crippen LogP contribution in [0.4, 0.5) is 4.79 Å². The lowest BCUT2D eigenvalue weighted by molar-refractivity contribution is -0.119. The van der Waals surface area contributed by atoms with Crippen molar-refractivity contribution >= 4 is 23.6 Å². The number of carbonyl (C=O) groups excluding carboxylic acids is 2. The van der Waals surface area contributed by atoms with E-state index >= 15 is 0 Å². The molecule has 0 spiro atoms. The molecule has 0 aromatic heterocycles. The van der Waals surface area contributed by atoms with Crippen molar-refractivity contribution in [2.24, 2.45) is 0 Å². The van der Waals surface area contributed by atoms with Crippen LogP contribution in [0.1, 0.15) is 46.5 Å². The van der Waals surface area contributed by atoms with Gasteiger partial charge in [0.2, 0.25) is 5.91 Å². The minimum absolute atomic E-state index is 0.00951. The third-order valence-electron chi connectivity index (χ3n) is 2.91. The van der Waals surface area contributed by atoms with Gasteiger partial charge in [-0.05, 0) is 46.5 Å². The van der Waals surface area contributed by atoms with Crippen LogP contribution >= 0.6 is 11.6 Å². The van der Waals surface area contributed by atoms with Crippen LogP contribution in [0.25, 0.3) is 0 Å². The summed E-state index contributed by atoms with van der Waals surface area (Å²) in [5, 5.41) is 5.62. The van der Waals surface area contributed by atoms with Crippen molar-refractivity contribution in [3.05, 3.63) is 0 Å². The van der Waals surface area contributed by atoms with Crippen LogP contribution in [-0.2, 0) is 9.53 Å². The third-order valence-corrected chi connectivity index (χ3v) is 3.15. The monoisotopic (exact) mass is 290 g/mol. The summed E-state index contributed by atoms with van der Waals surface area (Å²) in [4.78, 5) is 22.8. The fourth-order valence-corrected chi connectivity index (χ4v) is 2.16. The average Bonchev–Trinajstić information content (AvgIpc) is 2.29. The highest BCUT2D eigenvalue weighted by atomic mass is 35.5. The van der Waals surface area contributed by atoms with Crippen LogP contribution in [0, 0.1) is 0 Å². The minimum atomic E-state index is -0.374. The topological polar surface area (TPSA) is 67.4 Å². The highest BCUT2D eigenvalue weighted by Gasteiger charge is 2.25. The maximum Gasteiger partial charge on any atom is 0.407 e. The smallest absolute Gasteiger partial charge is 0.407 e. The van der Waals surface area contributed by atoms with Crippen molar-refractivity contribution in [2.45, 2.75) is 64.1 Å². The highest BCUT2D eigenvalue weighted by Crippen LogP contribution is 2.21. The molecular weight excluding hydrogens is 268 g/mol. The third kappa shape index (κ3) is 6.66. The summed E-state index contributed by atoms with van der Waals surface area (Å²) in [6, 6.07) is 0.150. The Morgan fingerprint density at radius 1 is 1.21 bits per heavy atom. The van der Waals surface area contributed by atoms with Crippen molar-refractivity contribution in [3.63, 3.8) is 0 Å². The number of alkyl carbamates (subject to hydrolysis) is 1.